The van der Waals surface area contributed by atoms with E-state index in [1.54, 1.807) is 11.1 Å². The van der Waals surface area contributed by atoms with Crippen LogP contribution in [0.3, 0.4) is 0 Å². The number of furan rings is 1. The maximum Gasteiger partial charge on any atom is 0.114 e. The second-order valence-electron chi connectivity index (χ2n) is 7.95. The van der Waals surface area contributed by atoms with Gasteiger partial charge in [0.05, 0.1) is 6.26 Å². The number of allylic oxidation sites excluding steroid dienone is 2. The average Bonchev–Trinajstić information content (AvgIpc) is 2.91. The van der Waals surface area contributed by atoms with Crippen molar-refractivity contribution in [2.24, 2.45) is 11.8 Å². The summed E-state index contributed by atoms with van der Waals surface area (Å²) in [5.41, 5.74) is 4.91. The fourth-order valence-electron chi connectivity index (χ4n) is 5.32. The number of rotatable bonds is 0. The molecule has 4 rings (SSSR count). The van der Waals surface area contributed by atoms with Gasteiger partial charge in [-0.3, -0.25) is 0 Å². The molecule has 0 bridgehead atoms. The van der Waals surface area contributed by atoms with Crippen LogP contribution in [0.15, 0.2) is 22.3 Å². The molecule has 3 aliphatic rings. The van der Waals surface area contributed by atoms with Crippen molar-refractivity contribution < 1.29 is 4.42 Å². The first kappa shape index (κ1) is 12.7. The van der Waals surface area contributed by atoms with E-state index < -0.39 is 0 Å². The van der Waals surface area contributed by atoms with Crippen LogP contribution in [0.4, 0.5) is 0 Å². The van der Waals surface area contributed by atoms with Crippen molar-refractivity contribution in [2.75, 3.05) is 0 Å². The van der Waals surface area contributed by atoms with Gasteiger partial charge in [-0.2, -0.15) is 0 Å². The quantitative estimate of drug-likeness (QED) is 0.565. The molecule has 1 aromatic heterocycles. The normalized spacial score (nSPS) is 42.7. The summed E-state index contributed by atoms with van der Waals surface area (Å²) in [5.74, 6) is 4.22. The molecule has 5 atom stereocenters. The van der Waals surface area contributed by atoms with Crippen LogP contribution in [0.5, 0.6) is 0 Å². The Labute approximate surface area is 122 Å². The van der Waals surface area contributed by atoms with Gasteiger partial charge in [0.1, 0.15) is 5.76 Å². The SMILES string of the molecule is CC1=C[C@H]2C[C@H](C)[C@H]3CC[C@H](C)c4coc(c43)[C@@]2(C)C1. The third-order valence-corrected chi connectivity index (χ3v) is 6.45. The third-order valence-electron chi connectivity index (χ3n) is 6.45. The van der Waals surface area contributed by atoms with Crippen molar-refractivity contribution in [3.8, 4) is 0 Å². The summed E-state index contributed by atoms with van der Waals surface area (Å²) in [4.78, 5) is 0. The summed E-state index contributed by atoms with van der Waals surface area (Å²) in [6, 6.07) is 0. The molecule has 108 valence electrons. The molecule has 0 N–H and O–H groups in total. The Hall–Kier alpha value is -0.980. The minimum Gasteiger partial charge on any atom is -0.468 e. The maximum absolute atomic E-state index is 6.22. The van der Waals surface area contributed by atoms with E-state index in [4.69, 9.17) is 4.42 Å². The molecule has 0 unspecified atom stereocenters. The van der Waals surface area contributed by atoms with Crippen molar-refractivity contribution >= 4 is 0 Å². The first-order valence-electron chi connectivity index (χ1n) is 8.29. The molecule has 0 saturated heterocycles. The molecule has 1 heteroatoms. The van der Waals surface area contributed by atoms with Crippen LogP contribution in [-0.2, 0) is 5.41 Å². The summed E-state index contributed by atoms with van der Waals surface area (Å²) in [5, 5.41) is 0. The zero-order chi connectivity index (χ0) is 14.1. The highest BCUT2D eigenvalue weighted by Gasteiger charge is 2.49. The van der Waals surface area contributed by atoms with E-state index in [0.29, 0.717) is 11.8 Å². The molecule has 0 radical (unpaired) electrons. The van der Waals surface area contributed by atoms with Gasteiger partial charge < -0.3 is 4.42 Å². The van der Waals surface area contributed by atoms with Gasteiger partial charge in [-0.1, -0.05) is 32.4 Å². The van der Waals surface area contributed by atoms with Gasteiger partial charge >= 0.3 is 0 Å². The zero-order valence-corrected chi connectivity index (χ0v) is 13.2. The Morgan fingerprint density at radius 2 is 2.05 bits per heavy atom. The Morgan fingerprint density at radius 3 is 2.85 bits per heavy atom. The van der Waals surface area contributed by atoms with Crippen LogP contribution in [0.25, 0.3) is 0 Å². The molecule has 0 amide bonds. The molecule has 0 aromatic carbocycles. The van der Waals surface area contributed by atoms with Crippen LogP contribution in [0.1, 0.15) is 82.1 Å². The average molecular weight is 270 g/mol. The maximum atomic E-state index is 6.22. The third kappa shape index (κ3) is 1.50. The molecule has 3 aliphatic carbocycles. The lowest BCUT2D eigenvalue weighted by molar-refractivity contribution is 0.268. The Morgan fingerprint density at radius 1 is 1.25 bits per heavy atom. The fourth-order valence-corrected chi connectivity index (χ4v) is 5.32. The highest BCUT2D eigenvalue weighted by Crippen LogP contribution is 2.57. The molecule has 1 nitrogen and oxygen atoms in total. The summed E-state index contributed by atoms with van der Waals surface area (Å²) >= 11 is 0. The fraction of sp³-hybridized carbons (Fsp3) is 0.684. The Kier molecular flexibility index (Phi) is 2.56. The smallest absolute Gasteiger partial charge is 0.114 e. The van der Waals surface area contributed by atoms with E-state index in [0.717, 1.165) is 11.8 Å². The van der Waals surface area contributed by atoms with Crippen LogP contribution >= 0.6 is 0 Å². The monoisotopic (exact) mass is 270 g/mol. The number of fused-ring (bicyclic) bond motifs is 2. The van der Waals surface area contributed by atoms with Crippen molar-refractivity contribution in [3.05, 3.63) is 34.8 Å². The Balaban J connectivity index is 1.92. The minimum absolute atomic E-state index is 0.220. The van der Waals surface area contributed by atoms with Gasteiger partial charge in [-0.05, 0) is 61.8 Å². The van der Waals surface area contributed by atoms with Crippen LogP contribution in [-0.4, -0.2) is 0 Å². The van der Waals surface area contributed by atoms with E-state index in [1.807, 2.05) is 0 Å². The summed E-state index contributed by atoms with van der Waals surface area (Å²) in [6.07, 6.45) is 9.83. The van der Waals surface area contributed by atoms with Gasteiger partial charge in [0.25, 0.3) is 0 Å². The van der Waals surface area contributed by atoms with Crippen LogP contribution < -0.4 is 0 Å². The van der Waals surface area contributed by atoms with Crippen molar-refractivity contribution in [3.63, 3.8) is 0 Å². The highest BCUT2D eigenvalue weighted by atomic mass is 16.3. The molecule has 0 fully saturated rings. The van der Waals surface area contributed by atoms with Gasteiger partial charge in [0.2, 0.25) is 0 Å². The lowest BCUT2D eigenvalue weighted by Gasteiger charge is -2.30. The number of hydrogen-bond donors (Lipinski definition) is 0. The molecular formula is C19H26O. The lowest BCUT2D eigenvalue weighted by Crippen LogP contribution is -2.27. The van der Waals surface area contributed by atoms with Gasteiger partial charge in [0.15, 0.2) is 0 Å². The zero-order valence-electron chi connectivity index (χ0n) is 13.2. The first-order valence-corrected chi connectivity index (χ1v) is 8.29. The summed E-state index contributed by atoms with van der Waals surface area (Å²) in [7, 11) is 0. The van der Waals surface area contributed by atoms with E-state index in [1.165, 1.54) is 37.0 Å². The number of hydrogen-bond acceptors (Lipinski definition) is 1. The van der Waals surface area contributed by atoms with Crippen molar-refractivity contribution in [1.82, 2.24) is 0 Å². The van der Waals surface area contributed by atoms with Gasteiger partial charge in [-0.15, -0.1) is 0 Å². The van der Waals surface area contributed by atoms with Crippen LogP contribution in [0.2, 0.25) is 0 Å². The summed E-state index contributed by atoms with van der Waals surface area (Å²) in [6.45, 7) is 9.57. The minimum atomic E-state index is 0.220. The van der Waals surface area contributed by atoms with Crippen molar-refractivity contribution in [2.45, 2.75) is 70.6 Å². The second kappa shape index (κ2) is 4.02. The topological polar surface area (TPSA) is 13.1 Å². The lowest BCUT2D eigenvalue weighted by atomic mass is 9.72. The van der Waals surface area contributed by atoms with Crippen molar-refractivity contribution in [1.29, 1.82) is 0 Å². The molecule has 0 saturated carbocycles. The first-order chi connectivity index (χ1) is 9.50. The molecule has 1 heterocycles. The van der Waals surface area contributed by atoms with E-state index >= 15 is 0 Å². The largest absolute Gasteiger partial charge is 0.468 e. The predicted molar refractivity (Wildman–Crippen MR) is 82.1 cm³/mol. The molecule has 0 aliphatic heterocycles. The van der Waals surface area contributed by atoms with Crippen LogP contribution in [0, 0.1) is 11.8 Å². The van der Waals surface area contributed by atoms with E-state index in [-0.39, 0.29) is 5.41 Å². The molecule has 0 spiro atoms. The molecule has 20 heavy (non-hydrogen) atoms. The molecular weight excluding hydrogens is 244 g/mol. The Bertz CT molecular complexity index is 579. The highest BCUT2D eigenvalue weighted by molar-refractivity contribution is 5.44. The van der Waals surface area contributed by atoms with E-state index in [2.05, 4.69) is 40.0 Å². The summed E-state index contributed by atoms with van der Waals surface area (Å²) < 4.78 is 6.22. The van der Waals surface area contributed by atoms with Gasteiger partial charge in [-0.25, -0.2) is 0 Å². The predicted octanol–water partition coefficient (Wildman–Crippen LogP) is 5.52. The molecule has 1 aromatic rings. The standard InChI is InChI=1S/C19H26O/c1-11-7-14-8-13(3)15-6-5-12(2)16-10-20-18(17(15)16)19(14,4)9-11/h7,10,12-15H,5-6,8-9H2,1-4H3/t12-,13-,14-,15+,19-/m0/s1. The second-order valence-corrected chi connectivity index (χ2v) is 7.95. The van der Waals surface area contributed by atoms with E-state index in [9.17, 15) is 0 Å². The van der Waals surface area contributed by atoms with Gasteiger partial charge in [0, 0.05) is 11.0 Å².